The SMILES string of the molecule is CCNC(=NCC1CC(=O)Nc2ccccc21)NCCc1cccc2ccccc12. The van der Waals surface area contributed by atoms with Crippen LogP contribution in [0, 0.1) is 0 Å². The van der Waals surface area contributed by atoms with Crippen LogP contribution < -0.4 is 16.0 Å². The highest BCUT2D eigenvalue weighted by Gasteiger charge is 2.24. The minimum atomic E-state index is 0.0582. The van der Waals surface area contributed by atoms with Gasteiger partial charge >= 0.3 is 0 Å². The number of nitrogens with one attached hydrogen (secondary N) is 3. The zero-order valence-corrected chi connectivity index (χ0v) is 17.3. The van der Waals surface area contributed by atoms with E-state index in [9.17, 15) is 4.79 Å². The number of benzene rings is 3. The maximum atomic E-state index is 12.1. The number of carbonyl (C=O) groups excluding carboxylic acids is 1. The van der Waals surface area contributed by atoms with Crippen LogP contribution in [-0.4, -0.2) is 31.5 Å². The van der Waals surface area contributed by atoms with Crippen molar-refractivity contribution in [2.45, 2.75) is 25.7 Å². The molecule has 30 heavy (non-hydrogen) atoms. The van der Waals surface area contributed by atoms with E-state index in [2.05, 4.69) is 71.4 Å². The summed E-state index contributed by atoms with van der Waals surface area (Å²) in [4.78, 5) is 16.8. The fourth-order valence-corrected chi connectivity index (χ4v) is 4.03. The van der Waals surface area contributed by atoms with E-state index in [0.717, 1.165) is 36.7 Å². The van der Waals surface area contributed by atoms with Gasteiger partial charge in [-0.3, -0.25) is 9.79 Å². The Morgan fingerprint density at radius 3 is 2.73 bits per heavy atom. The van der Waals surface area contributed by atoms with E-state index in [-0.39, 0.29) is 11.8 Å². The summed E-state index contributed by atoms with van der Waals surface area (Å²) in [5.74, 6) is 0.951. The smallest absolute Gasteiger partial charge is 0.225 e. The molecule has 1 aliphatic heterocycles. The summed E-state index contributed by atoms with van der Waals surface area (Å²) in [6.45, 7) is 4.22. The lowest BCUT2D eigenvalue weighted by molar-refractivity contribution is -0.116. The van der Waals surface area contributed by atoms with Crippen molar-refractivity contribution in [3.63, 3.8) is 0 Å². The Morgan fingerprint density at radius 1 is 1.03 bits per heavy atom. The summed E-state index contributed by atoms with van der Waals surface area (Å²) in [6.07, 6.45) is 1.39. The summed E-state index contributed by atoms with van der Waals surface area (Å²) < 4.78 is 0. The van der Waals surface area contributed by atoms with Crippen LogP contribution in [0.1, 0.15) is 30.4 Å². The monoisotopic (exact) mass is 400 g/mol. The summed E-state index contributed by atoms with van der Waals surface area (Å²) >= 11 is 0. The van der Waals surface area contributed by atoms with Gasteiger partial charge in [-0.1, -0.05) is 60.7 Å². The van der Waals surface area contributed by atoms with E-state index in [1.165, 1.54) is 16.3 Å². The summed E-state index contributed by atoms with van der Waals surface area (Å²) in [5, 5.41) is 12.3. The molecule has 4 rings (SSSR count). The lowest BCUT2D eigenvalue weighted by Gasteiger charge is -2.24. The highest BCUT2D eigenvalue weighted by molar-refractivity contribution is 5.94. The molecular weight excluding hydrogens is 372 g/mol. The van der Waals surface area contributed by atoms with E-state index in [1.54, 1.807) is 0 Å². The third kappa shape index (κ3) is 4.62. The normalized spacial score (nSPS) is 16.1. The minimum Gasteiger partial charge on any atom is -0.357 e. The number of fused-ring (bicyclic) bond motifs is 2. The third-order valence-electron chi connectivity index (χ3n) is 5.49. The first-order valence-electron chi connectivity index (χ1n) is 10.6. The molecule has 3 aromatic carbocycles. The van der Waals surface area contributed by atoms with Gasteiger partial charge in [0.05, 0.1) is 6.54 Å². The standard InChI is InChI=1S/C25H28N4O/c1-2-26-25(27-15-14-19-10-7-9-18-8-3-4-11-21(18)19)28-17-20-16-24(30)29-23-13-6-5-12-22(20)23/h3-13,20H,2,14-17H2,1H3,(H,29,30)(H2,26,27,28). The Bertz CT molecular complexity index is 1050. The molecule has 1 aliphatic rings. The molecule has 154 valence electrons. The van der Waals surface area contributed by atoms with Crippen molar-refractivity contribution in [1.29, 1.82) is 0 Å². The van der Waals surface area contributed by atoms with Crippen LogP contribution in [0.25, 0.3) is 10.8 Å². The lowest BCUT2D eigenvalue weighted by Crippen LogP contribution is -2.38. The van der Waals surface area contributed by atoms with Gasteiger partial charge in [0.15, 0.2) is 5.96 Å². The van der Waals surface area contributed by atoms with E-state index in [4.69, 9.17) is 4.99 Å². The first kappa shape index (κ1) is 20.0. The molecule has 3 N–H and O–H groups in total. The topological polar surface area (TPSA) is 65.5 Å². The van der Waals surface area contributed by atoms with Crippen molar-refractivity contribution in [3.05, 3.63) is 77.9 Å². The summed E-state index contributed by atoms with van der Waals surface area (Å²) in [6, 6.07) is 22.9. The second-order valence-corrected chi connectivity index (χ2v) is 7.57. The van der Waals surface area contributed by atoms with E-state index in [1.807, 2.05) is 18.2 Å². The van der Waals surface area contributed by atoms with Gasteiger partial charge in [-0.2, -0.15) is 0 Å². The van der Waals surface area contributed by atoms with Crippen molar-refractivity contribution < 1.29 is 4.79 Å². The number of para-hydroxylation sites is 1. The number of amides is 1. The van der Waals surface area contributed by atoms with Crippen LogP contribution in [0.2, 0.25) is 0 Å². The van der Waals surface area contributed by atoms with Gasteiger partial charge in [-0.05, 0) is 41.3 Å². The number of hydrogen-bond acceptors (Lipinski definition) is 2. The molecule has 0 bridgehead atoms. The maximum absolute atomic E-state index is 12.1. The Labute approximate surface area is 177 Å². The molecular formula is C25H28N4O. The number of rotatable bonds is 6. The molecule has 0 radical (unpaired) electrons. The van der Waals surface area contributed by atoms with Crippen LogP contribution in [-0.2, 0) is 11.2 Å². The first-order chi connectivity index (χ1) is 14.7. The number of hydrogen-bond donors (Lipinski definition) is 3. The van der Waals surface area contributed by atoms with Gasteiger partial charge in [-0.15, -0.1) is 0 Å². The van der Waals surface area contributed by atoms with Crippen LogP contribution in [0.15, 0.2) is 71.7 Å². The molecule has 0 aromatic heterocycles. The van der Waals surface area contributed by atoms with E-state index >= 15 is 0 Å². The number of guanidine groups is 1. The van der Waals surface area contributed by atoms with Crippen LogP contribution in [0.3, 0.4) is 0 Å². The minimum absolute atomic E-state index is 0.0582. The lowest BCUT2D eigenvalue weighted by atomic mass is 9.91. The summed E-state index contributed by atoms with van der Waals surface area (Å²) in [7, 11) is 0. The molecule has 0 fully saturated rings. The zero-order chi connectivity index (χ0) is 20.8. The second-order valence-electron chi connectivity index (χ2n) is 7.57. The van der Waals surface area contributed by atoms with Crippen LogP contribution >= 0.6 is 0 Å². The molecule has 1 unspecified atom stereocenters. The predicted molar refractivity (Wildman–Crippen MR) is 124 cm³/mol. The Hall–Kier alpha value is -3.34. The fraction of sp³-hybridized carbons (Fsp3) is 0.280. The highest BCUT2D eigenvalue weighted by atomic mass is 16.1. The molecule has 0 aliphatic carbocycles. The zero-order valence-electron chi connectivity index (χ0n) is 17.3. The van der Waals surface area contributed by atoms with Gasteiger partial charge < -0.3 is 16.0 Å². The molecule has 0 saturated carbocycles. The predicted octanol–water partition coefficient (Wildman–Crippen LogP) is 4.06. The molecule has 0 spiro atoms. The van der Waals surface area contributed by atoms with Crippen molar-refractivity contribution in [3.8, 4) is 0 Å². The van der Waals surface area contributed by atoms with Gasteiger partial charge in [-0.25, -0.2) is 0 Å². The molecule has 1 atom stereocenters. The average molecular weight is 401 g/mol. The molecule has 1 amide bonds. The molecule has 3 aromatic rings. The number of carbonyl (C=O) groups is 1. The van der Waals surface area contributed by atoms with Crippen LogP contribution in [0.4, 0.5) is 5.69 Å². The molecule has 1 heterocycles. The average Bonchev–Trinajstić information content (AvgIpc) is 2.77. The Balaban J connectivity index is 1.41. The van der Waals surface area contributed by atoms with Crippen LogP contribution in [0.5, 0.6) is 0 Å². The van der Waals surface area contributed by atoms with Gasteiger partial charge in [0.25, 0.3) is 0 Å². The highest BCUT2D eigenvalue weighted by Crippen LogP contribution is 2.32. The van der Waals surface area contributed by atoms with Gasteiger partial charge in [0, 0.05) is 31.1 Å². The number of anilines is 1. The number of aliphatic imine (C=N–C) groups is 1. The quantitative estimate of drug-likeness (QED) is 0.432. The Morgan fingerprint density at radius 2 is 1.83 bits per heavy atom. The number of nitrogens with zero attached hydrogens (tertiary/aromatic N) is 1. The molecule has 0 saturated heterocycles. The Kier molecular flexibility index (Phi) is 6.28. The first-order valence-corrected chi connectivity index (χ1v) is 10.6. The van der Waals surface area contributed by atoms with E-state index < -0.39 is 0 Å². The molecule has 5 heteroatoms. The van der Waals surface area contributed by atoms with Gasteiger partial charge in [0.2, 0.25) is 5.91 Å². The van der Waals surface area contributed by atoms with Crippen molar-refractivity contribution in [2.24, 2.45) is 4.99 Å². The largest absolute Gasteiger partial charge is 0.357 e. The molecule has 5 nitrogen and oxygen atoms in total. The van der Waals surface area contributed by atoms with Crippen molar-refractivity contribution >= 4 is 28.3 Å². The van der Waals surface area contributed by atoms with E-state index in [0.29, 0.717) is 13.0 Å². The van der Waals surface area contributed by atoms with Gasteiger partial charge in [0.1, 0.15) is 0 Å². The third-order valence-corrected chi connectivity index (χ3v) is 5.49. The fourth-order valence-electron chi connectivity index (χ4n) is 4.03. The second kappa shape index (κ2) is 9.44. The van der Waals surface area contributed by atoms with Crippen molar-refractivity contribution in [1.82, 2.24) is 10.6 Å². The maximum Gasteiger partial charge on any atom is 0.225 e. The summed E-state index contributed by atoms with van der Waals surface area (Å²) in [5.41, 5.74) is 3.39. The van der Waals surface area contributed by atoms with Crippen molar-refractivity contribution in [2.75, 3.05) is 25.0 Å².